The van der Waals surface area contributed by atoms with Crippen molar-refractivity contribution in [3.8, 4) is 11.5 Å². The van der Waals surface area contributed by atoms with Crippen molar-refractivity contribution in [3.63, 3.8) is 0 Å². The summed E-state index contributed by atoms with van der Waals surface area (Å²) in [6.45, 7) is 6.40. The average Bonchev–Trinajstić information content (AvgIpc) is 3.35. The number of fused-ring (bicyclic) bond motifs is 1. The number of carbonyl (C=O) groups is 2. The minimum absolute atomic E-state index is 0.152. The lowest BCUT2D eigenvalue weighted by Crippen LogP contribution is -2.45. The van der Waals surface area contributed by atoms with E-state index in [9.17, 15) is 14.7 Å². The molecule has 160 valence electrons. The summed E-state index contributed by atoms with van der Waals surface area (Å²) in [7, 11) is 3.17. The van der Waals surface area contributed by atoms with Crippen molar-refractivity contribution in [3.05, 3.63) is 48.1 Å². The molecule has 7 heteroatoms. The first-order chi connectivity index (χ1) is 14.3. The molecule has 0 saturated carbocycles. The molecule has 3 aliphatic heterocycles. The average molecular weight is 413 g/mol. The molecule has 0 radical (unpaired) electrons. The first-order valence-corrected chi connectivity index (χ1v) is 10.1. The van der Waals surface area contributed by atoms with Crippen molar-refractivity contribution in [2.24, 2.45) is 11.8 Å². The third-order valence-corrected chi connectivity index (χ3v) is 6.45. The van der Waals surface area contributed by atoms with Crippen LogP contribution >= 0.6 is 0 Å². The Morgan fingerprint density at radius 3 is 2.67 bits per heavy atom. The number of carboxylic acid groups (broad SMARTS) is 1. The lowest BCUT2D eigenvalue weighted by Gasteiger charge is -2.33. The van der Waals surface area contributed by atoms with E-state index in [1.165, 1.54) is 0 Å². The maximum absolute atomic E-state index is 13.4. The summed E-state index contributed by atoms with van der Waals surface area (Å²) in [5.41, 5.74) is 1.04. The molecule has 3 aliphatic rings. The monoisotopic (exact) mass is 413 g/mol. The molecule has 30 heavy (non-hydrogen) atoms. The number of amides is 1. The Kier molecular flexibility index (Phi) is 5.10. The van der Waals surface area contributed by atoms with Crippen LogP contribution in [0.3, 0.4) is 0 Å². The van der Waals surface area contributed by atoms with Crippen molar-refractivity contribution in [1.82, 2.24) is 4.90 Å². The van der Waals surface area contributed by atoms with Crippen LogP contribution in [0, 0.1) is 11.8 Å². The third kappa shape index (κ3) is 2.99. The summed E-state index contributed by atoms with van der Waals surface area (Å²) in [6.07, 6.45) is 4.33. The van der Waals surface area contributed by atoms with Gasteiger partial charge in [0.1, 0.15) is 11.5 Å². The number of rotatable bonds is 8. The van der Waals surface area contributed by atoms with E-state index in [2.05, 4.69) is 6.58 Å². The molecule has 1 spiro atoms. The summed E-state index contributed by atoms with van der Waals surface area (Å²) in [4.78, 5) is 27.1. The molecule has 0 aliphatic carbocycles. The Bertz CT molecular complexity index is 924. The summed E-state index contributed by atoms with van der Waals surface area (Å²) in [5, 5.41) is 9.74. The standard InChI is InChI=1S/C23H27NO6/c1-13(2)11-18-23-9-7-16(30-23)19(22(26)27)20(23)21(25)24(18)10-8-14-5-6-15(28-3)17(12-14)29-4/h5-7,9,12,16,18-20H,1,8,10-11H2,2-4H3,(H,26,27)/t16-,18+,19-,20+,23+/m0/s1. The quantitative estimate of drug-likeness (QED) is 0.659. The van der Waals surface area contributed by atoms with Crippen LogP contribution in [0.5, 0.6) is 11.5 Å². The SMILES string of the molecule is C=C(C)C[C@H]1N(CCc2ccc(OC)c(OC)c2)C(=O)[C@H]2[C@@H](C(=O)O)[C@@H]3C=C[C@]21O3. The summed E-state index contributed by atoms with van der Waals surface area (Å²) in [6, 6.07) is 5.41. The zero-order valence-electron chi connectivity index (χ0n) is 17.5. The fourth-order valence-electron chi connectivity index (χ4n) is 5.15. The van der Waals surface area contributed by atoms with Gasteiger partial charge >= 0.3 is 5.97 Å². The van der Waals surface area contributed by atoms with E-state index in [1.54, 1.807) is 25.2 Å². The van der Waals surface area contributed by atoms with Crippen LogP contribution in [0.2, 0.25) is 0 Å². The lowest BCUT2D eigenvalue weighted by molar-refractivity contribution is -0.148. The van der Waals surface area contributed by atoms with Crippen LogP contribution in [0.1, 0.15) is 18.9 Å². The second-order valence-corrected chi connectivity index (χ2v) is 8.28. The highest BCUT2D eigenvalue weighted by Gasteiger charge is 2.70. The van der Waals surface area contributed by atoms with Gasteiger partial charge in [-0.1, -0.05) is 23.8 Å². The van der Waals surface area contributed by atoms with E-state index in [-0.39, 0.29) is 11.9 Å². The molecular formula is C23H27NO6. The van der Waals surface area contributed by atoms with E-state index >= 15 is 0 Å². The summed E-state index contributed by atoms with van der Waals surface area (Å²) in [5.74, 6) is -1.40. The Morgan fingerprint density at radius 1 is 1.30 bits per heavy atom. The van der Waals surface area contributed by atoms with Gasteiger partial charge in [-0.2, -0.15) is 0 Å². The Hall–Kier alpha value is -2.80. The van der Waals surface area contributed by atoms with Gasteiger partial charge in [-0.25, -0.2) is 0 Å². The van der Waals surface area contributed by atoms with Gasteiger partial charge in [-0.3, -0.25) is 9.59 Å². The molecule has 1 amide bonds. The first-order valence-electron chi connectivity index (χ1n) is 10.1. The highest BCUT2D eigenvalue weighted by atomic mass is 16.5. The van der Waals surface area contributed by atoms with Crippen molar-refractivity contribution < 1.29 is 28.9 Å². The van der Waals surface area contributed by atoms with E-state index in [0.29, 0.717) is 30.9 Å². The smallest absolute Gasteiger partial charge is 0.310 e. The van der Waals surface area contributed by atoms with Crippen LogP contribution in [0.4, 0.5) is 0 Å². The van der Waals surface area contributed by atoms with Gasteiger partial charge in [0.15, 0.2) is 11.5 Å². The molecule has 1 N–H and O–H groups in total. The number of hydrogen-bond donors (Lipinski definition) is 1. The van der Waals surface area contributed by atoms with Crippen LogP contribution in [-0.4, -0.2) is 60.4 Å². The molecule has 7 nitrogen and oxygen atoms in total. The van der Waals surface area contributed by atoms with Crippen molar-refractivity contribution in [2.45, 2.75) is 37.5 Å². The van der Waals surface area contributed by atoms with Gasteiger partial charge in [-0.15, -0.1) is 6.58 Å². The lowest BCUT2D eigenvalue weighted by atomic mass is 9.74. The molecule has 1 aromatic rings. The predicted octanol–water partition coefficient (Wildman–Crippen LogP) is 2.45. The maximum Gasteiger partial charge on any atom is 0.310 e. The van der Waals surface area contributed by atoms with Crippen LogP contribution in [-0.2, 0) is 20.7 Å². The van der Waals surface area contributed by atoms with Crippen LogP contribution in [0.15, 0.2) is 42.5 Å². The predicted molar refractivity (Wildman–Crippen MR) is 110 cm³/mol. The Morgan fingerprint density at radius 2 is 2.03 bits per heavy atom. The van der Waals surface area contributed by atoms with E-state index < -0.39 is 29.5 Å². The molecule has 3 heterocycles. The van der Waals surface area contributed by atoms with Gasteiger partial charge in [0.2, 0.25) is 5.91 Å². The van der Waals surface area contributed by atoms with Gasteiger partial charge < -0.3 is 24.2 Å². The largest absolute Gasteiger partial charge is 0.493 e. The van der Waals surface area contributed by atoms with Gasteiger partial charge in [0, 0.05) is 6.54 Å². The molecule has 2 bridgehead atoms. The van der Waals surface area contributed by atoms with Crippen LogP contribution < -0.4 is 9.47 Å². The minimum Gasteiger partial charge on any atom is -0.493 e. The molecule has 1 aromatic carbocycles. The molecule has 5 atom stereocenters. The second kappa shape index (κ2) is 7.47. The van der Waals surface area contributed by atoms with Crippen molar-refractivity contribution in [2.75, 3.05) is 20.8 Å². The van der Waals surface area contributed by atoms with Gasteiger partial charge in [-0.05, 0) is 37.5 Å². The Labute approximate surface area is 175 Å². The van der Waals surface area contributed by atoms with Gasteiger partial charge in [0.25, 0.3) is 0 Å². The van der Waals surface area contributed by atoms with Crippen LogP contribution in [0.25, 0.3) is 0 Å². The van der Waals surface area contributed by atoms with E-state index in [1.807, 2.05) is 31.2 Å². The fraction of sp³-hybridized carbons (Fsp3) is 0.478. The number of likely N-dealkylation sites (tertiary alicyclic amines) is 1. The number of ether oxygens (including phenoxy) is 3. The first kappa shape index (κ1) is 20.5. The molecule has 2 saturated heterocycles. The molecule has 2 fully saturated rings. The number of carboxylic acids is 1. The number of hydrogen-bond acceptors (Lipinski definition) is 5. The number of benzene rings is 1. The molecular weight excluding hydrogens is 386 g/mol. The topological polar surface area (TPSA) is 85.3 Å². The molecule has 0 aromatic heterocycles. The fourth-order valence-corrected chi connectivity index (χ4v) is 5.15. The highest BCUT2D eigenvalue weighted by Crippen LogP contribution is 2.56. The highest BCUT2D eigenvalue weighted by molar-refractivity contribution is 5.91. The number of nitrogens with zero attached hydrogens (tertiary/aromatic N) is 1. The second-order valence-electron chi connectivity index (χ2n) is 8.28. The Balaban J connectivity index is 1.61. The molecule has 4 rings (SSSR count). The zero-order chi connectivity index (χ0) is 21.6. The number of aliphatic carboxylic acids is 1. The summed E-state index contributed by atoms with van der Waals surface area (Å²) >= 11 is 0. The summed E-state index contributed by atoms with van der Waals surface area (Å²) < 4.78 is 16.8. The third-order valence-electron chi connectivity index (χ3n) is 6.45. The zero-order valence-corrected chi connectivity index (χ0v) is 17.5. The van der Waals surface area contributed by atoms with Crippen molar-refractivity contribution in [1.29, 1.82) is 0 Å². The van der Waals surface area contributed by atoms with E-state index in [4.69, 9.17) is 14.2 Å². The van der Waals surface area contributed by atoms with E-state index in [0.717, 1.165) is 11.1 Å². The minimum atomic E-state index is -0.986. The normalized spacial score (nSPS) is 31.2. The van der Waals surface area contributed by atoms with Gasteiger partial charge in [0.05, 0.1) is 32.3 Å². The number of carbonyl (C=O) groups excluding carboxylic acids is 1. The molecule has 0 unspecified atom stereocenters. The van der Waals surface area contributed by atoms with Crippen molar-refractivity contribution >= 4 is 11.9 Å². The maximum atomic E-state index is 13.4. The number of methoxy groups -OCH3 is 2.